The highest BCUT2D eigenvalue weighted by molar-refractivity contribution is 5.74. The minimum atomic E-state index is -1.18. The first-order valence-corrected chi connectivity index (χ1v) is 3.10. The fourth-order valence-electron chi connectivity index (χ4n) is 0.536. The van der Waals surface area contributed by atoms with E-state index in [0.717, 1.165) is 0 Å². The molecule has 0 saturated carbocycles. The van der Waals surface area contributed by atoms with Crippen LogP contribution in [0, 0.1) is 0 Å². The molecule has 0 rings (SSSR count). The highest BCUT2D eigenvalue weighted by Gasteiger charge is 2.21. The summed E-state index contributed by atoms with van der Waals surface area (Å²) in [6, 6.07) is -1.15. The van der Waals surface area contributed by atoms with Crippen molar-refractivity contribution in [3.63, 3.8) is 0 Å². The van der Waals surface area contributed by atoms with E-state index in [0.29, 0.717) is 0 Å². The Kier molecular flexibility index (Phi) is 3.53. The molecule has 0 radical (unpaired) electrons. The van der Waals surface area contributed by atoms with Gasteiger partial charge < -0.3 is 15.6 Å². The van der Waals surface area contributed by atoms with Crippen LogP contribution in [-0.4, -0.2) is 29.2 Å². The maximum absolute atomic E-state index is 10.3. The molecule has 0 aliphatic heterocycles. The Bertz CT molecular complexity index is 168. The summed E-state index contributed by atoms with van der Waals surface area (Å²) in [4.78, 5) is 20.5. The van der Waals surface area contributed by atoms with E-state index in [9.17, 15) is 9.59 Å². The molecule has 0 heterocycles. The number of carbonyl (C=O) groups is 2. The summed E-state index contributed by atoms with van der Waals surface area (Å²) in [6.45, 7) is 2.63. The van der Waals surface area contributed by atoms with Crippen molar-refractivity contribution in [2.45, 2.75) is 26.0 Å². The van der Waals surface area contributed by atoms with Gasteiger partial charge in [-0.15, -0.1) is 0 Å². The SMILES string of the molecule is CC(=O)OC(C)C(N)C(=O)O. The maximum Gasteiger partial charge on any atom is 0.324 e. The summed E-state index contributed by atoms with van der Waals surface area (Å²) in [5.74, 6) is -1.71. The molecule has 0 aromatic rings. The number of hydrogen-bond acceptors (Lipinski definition) is 4. The lowest BCUT2D eigenvalue weighted by Crippen LogP contribution is -2.42. The molecule has 2 unspecified atom stereocenters. The fourth-order valence-corrected chi connectivity index (χ4v) is 0.536. The van der Waals surface area contributed by atoms with Gasteiger partial charge in [0.2, 0.25) is 0 Å². The van der Waals surface area contributed by atoms with Gasteiger partial charge in [-0.3, -0.25) is 9.59 Å². The lowest BCUT2D eigenvalue weighted by molar-refractivity contribution is -0.151. The number of rotatable bonds is 3. The number of hydrogen-bond donors (Lipinski definition) is 2. The topological polar surface area (TPSA) is 89.6 Å². The second-order valence-electron chi connectivity index (χ2n) is 2.18. The Morgan fingerprint density at radius 3 is 2.27 bits per heavy atom. The number of aliphatic carboxylic acids is 1. The number of ether oxygens (including phenoxy) is 1. The van der Waals surface area contributed by atoms with Crippen LogP contribution in [0.5, 0.6) is 0 Å². The van der Waals surface area contributed by atoms with Gasteiger partial charge in [-0.25, -0.2) is 0 Å². The monoisotopic (exact) mass is 161 g/mol. The van der Waals surface area contributed by atoms with Crippen LogP contribution in [0.2, 0.25) is 0 Å². The van der Waals surface area contributed by atoms with Gasteiger partial charge in [0.15, 0.2) is 0 Å². The van der Waals surface area contributed by atoms with Gasteiger partial charge >= 0.3 is 11.9 Å². The minimum Gasteiger partial charge on any atom is -0.480 e. The van der Waals surface area contributed by atoms with Gasteiger partial charge in [0.1, 0.15) is 12.1 Å². The van der Waals surface area contributed by atoms with E-state index < -0.39 is 24.1 Å². The Hall–Kier alpha value is -1.10. The average molecular weight is 161 g/mol. The molecule has 5 nitrogen and oxygen atoms in total. The largest absolute Gasteiger partial charge is 0.480 e. The van der Waals surface area contributed by atoms with Crippen LogP contribution in [-0.2, 0) is 14.3 Å². The Morgan fingerprint density at radius 1 is 1.55 bits per heavy atom. The molecule has 0 aliphatic rings. The number of carbonyl (C=O) groups excluding carboxylic acids is 1. The van der Waals surface area contributed by atoms with Crippen molar-refractivity contribution < 1.29 is 19.4 Å². The van der Waals surface area contributed by atoms with Gasteiger partial charge in [-0.1, -0.05) is 0 Å². The average Bonchev–Trinajstić information content (AvgIpc) is 1.84. The standard InChI is InChI=1S/C6H11NO4/c1-3(11-4(2)8)5(7)6(9)10/h3,5H,7H2,1-2H3,(H,9,10). The molecule has 0 aromatic carbocycles. The molecular formula is C6H11NO4. The Balaban J connectivity index is 3.92. The first-order valence-electron chi connectivity index (χ1n) is 3.10. The Labute approximate surface area is 64.1 Å². The van der Waals surface area contributed by atoms with Crippen LogP contribution in [0.4, 0.5) is 0 Å². The van der Waals surface area contributed by atoms with Crippen LogP contribution < -0.4 is 5.73 Å². The third-order valence-corrected chi connectivity index (χ3v) is 1.14. The summed E-state index contributed by atoms with van der Waals surface area (Å²) < 4.78 is 4.53. The van der Waals surface area contributed by atoms with E-state index in [2.05, 4.69) is 4.74 Å². The fraction of sp³-hybridized carbons (Fsp3) is 0.667. The van der Waals surface area contributed by atoms with Crippen molar-refractivity contribution in [2.75, 3.05) is 0 Å². The van der Waals surface area contributed by atoms with Crippen LogP contribution >= 0.6 is 0 Å². The second-order valence-corrected chi connectivity index (χ2v) is 2.18. The van der Waals surface area contributed by atoms with Gasteiger partial charge in [-0.2, -0.15) is 0 Å². The van der Waals surface area contributed by atoms with Crippen molar-refractivity contribution in [2.24, 2.45) is 5.73 Å². The van der Waals surface area contributed by atoms with Crippen molar-refractivity contribution >= 4 is 11.9 Å². The summed E-state index contributed by atoms with van der Waals surface area (Å²) >= 11 is 0. The number of carboxylic acids is 1. The predicted octanol–water partition coefficient (Wildman–Crippen LogP) is -0.650. The lowest BCUT2D eigenvalue weighted by Gasteiger charge is -2.14. The molecule has 0 saturated heterocycles. The third kappa shape index (κ3) is 3.57. The minimum absolute atomic E-state index is 0.533. The van der Waals surface area contributed by atoms with Gasteiger partial charge in [0, 0.05) is 6.92 Å². The van der Waals surface area contributed by atoms with Gasteiger partial charge in [0.25, 0.3) is 0 Å². The molecular weight excluding hydrogens is 150 g/mol. The van der Waals surface area contributed by atoms with Gasteiger partial charge in [0.05, 0.1) is 0 Å². The van der Waals surface area contributed by atoms with E-state index in [1.807, 2.05) is 0 Å². The summed E-state index contributed by atoms with van der Waals surface area (Å²) in [5.41, 5.74) is 5.13. The van der Waals surface area contributed by atoms with Crippen molar-refractivity contribution in [1.29, 1.82) is 0 Å². The maximum atomic E-state index is 10.3. The highest BCUT2D eigenvalue weighted by Crippen LogP contribution is 1.96. The predicted molar refractivity (Wildman–Crippen MR) is 36.8 cm³/mol. The normalized spacial score (nSPS) is 15.2. The number of esters is 1. The van der Waals surface area contributed by atoms with E-state index in [1.54, 1.807) is 0 Å². The summed E-state index contributed by atoms with van der Waals surface area (Å²) in [6.07, 6.45) is -0.787. The van der Waals surface area contributed by atoms with E-state index in [1.165, 1.54) is 13.8 Å². The van der Waals surface area contributed by atoms with E-state index in [4.69, 9.17) is 10.8 Å². The number of nitrogens with two attached hydrogens (primary N) is 1. The zero-order valence-corrected chi connectivity index (χ0v) is 6.40. The summed E-state index contributed by atoms with van der Waals surface area (Å²) in [7, 11) is 0. The smallest absolute Gasteiger partial charge is 0.324 e. The quantitative estimate of drug-likeness (QED) is 0.537. The molecule has 5 heteroatoms. The molecule has 64 valence electrons. The molecule has 2 atom stereocenters. The highest BCUT2D eigenvalue weighted by atomic mass is 16.5. The zero-order valence-electron chi connectivity index (χ0n) is 6.40. The van der Waals surface area contributed by atoms with Crippen LogP contribution in [0.1, 0.15) is 13.8 Å². The third-order valence-electron chi connectivity index (χ3n) is 1.14. The molecule has 11 heavy (non-hydrogen) atoms. The van der Waals surface area contributed by atoms with E-state index in [-0.39, 0.29) is 0 Å². The molecule has 0 bridgehead atoms. The molecule has 3 N–H and O–H groups in total. The summed E-state index contributed by atoms with van der Waals surface area (Å²) in [5, 5.41) is 8.35. The van der Waals surface area contributed by atoms with Crippen molar-refractivity contribution in [3.05, 3.63) is 0 Å². The second kappa shape index (κ2) is 3.92. The van der Waals surface area contributed by atoms with Crippen LogP contribution in [0.25, 0.3) is 0 Å². The van der Waals surface area contributed by atoms with Crippen LogP contribution in [0.3, 0.4) is 0 Å². The molecule has 0 spiro atoms. The van der Waals surface area contributed by atoms with Gasteiger partial charge in [-0.05, 0) is 6.92 Å². The molecule has 0 aromatic heterocycles. The molecule has 0 aliphatic carbocycles. The Morgan fingerprint density at radius 2 is 2.00 bits per heavy atom. The lowest BCUT2D eigenvalue weighted by atomic mass is 10.2. The van der Waals surface area contributed by atoms with Crippen molar-refractivity contribution in [3.8, 4) is 0 Å². The zero-order chi connectivity index (χ0) is 9.02. The van der Waals surface area contributed by atoms with Crippen molar-refractivity contribution in [1.82, 2.24) is 0 Å². The molecule has 0 fully saturated rings. The molecule has 0 amide bonds. The van der Waals surface area contributed by atoms with Crippen LogP contribution in [0.15, 0.2) is 0 Å². The first-order chi connectivity index (χ1) is 4.95. The first kappa shape index (κ1) is 9.90. The van der Waals surface area contributed by atoms with E-state index >= 15 is 0 Å². The number of carboxylic acid groups (broad SMARTS) is 1.